The van der Waals surface area contributed by atoms with Gasteiger partial charge in [0, 0.05) is 41.9 Å². The zero-order chi connectivity index (χ0) is 29.6. The standard InChI is InChI=1S/C31H35N5O5/c1-31(2,3)41-30(38)36-21-8-6-20(7-9-21)29(37)35-22-14-25(39-23-10-4-19(18-32)5-11-23)16-26(15-22)40-24-12-13-27(33)28(34)17-24/h4-5,10-17,20-21H,6-9,33-34H2,1-3H3,(H,35,37)(H,36,38). The lowest BCUT2D eigenvalue weighted by molar-refractivity contribution is -0.120. The lowest BCUT2D eigenvalue weighted by atomic mass is 9.85. The van der Waals surface area contributed by atoms with Crippen LogP contribution in [0.25, 0.3) is 0 Å². The first kappa shape index (κ1) is 29.1. The van der Waals surface area contributed by atoms with Crippen LogP contribution in [0.3, 0.4) is 0 Å². The zero-order valence-electron chi connectivity index (χ0n) is 23.4. The van der Waals surface area contributed by atoms with Crippen LogP contribution in [-0.2, 0) is 9.53 Å². The number of benzene rings is 3. The highest BCUT2D eigenvalue weighted by atomic mass is 16.6. The number of hydrogen-bond donors (Lipinski definition) is 4. The molecule has 1 fully saturated rings. The molecule has 214 valence electrons. The first-order valence-electron chi connectivity index (χ1n) is 13.4. The largest absolute Gasteiger partial charge is 0.457 e. The third kappa shape index (κ3) is 8.54. The molecule has 1 aliphatic rings. The second-order valence-electron chi connectivity index (χ2n) is 11.0. The van der Waals surface area contributed by atoms with E-state index in [0.29, 0.717) is 71.3 Å². The van der Waals surface area contributed by atoms with Crippen molar-refractivity contribution in [2.24, 2.45) is 5.92 Å². The minimum absolute atomic E-state index is 0.0367. The molecule has 4 rings (SSSR count). The fourth-order valence-electron chi connectivity index (χ4n) is 4.47. The molecular weight excluding hydrogens is 522 g/mol. The highest BCUT2D eigenvalue weighted by molar-refractivity contribution is 5.93. The summed E-state index contributed by atoms with van der Waals surface area (Å²) in [5.74, 6) is 1.50. The predicted molar refractivity (Wildman–Crippen MR) is 157 cm³/mol. The van der Waals surface area contributed by atoms with E-state index < -0.39 is 11.7 Å². The average Bonchev–Trinajstić information content (AvgIpc) is 2.90. The Balaban J connectivity index is 1.46. The third-order valence-electron chi connectivity index (χ3n) is 6.48. The van der Waals surface area contributed by atoms with Gasteiger partial charge in [0.2, 0.25) is 5.91 Å². The van der Waals surface area contributed by atoms with Crippen molar-refractivity contribution in [2.75, 3.05) is 16.8 Å². The van der Waals surface area contributed by atoms with Crippen LogP contribution in [0.1, 0.15) is 52.0 Å². The highest BCUT2D eigenvalue weighted by Gasteiger charge is 2.28. The number of ether oxygens (including phenoxy) is 3. The van der Waals surface area contributed by atoms with Crippen LogP contribution < -0.4 is 31.6 Å². The topological polar surface area (TPSA) is 162 Å². The Bertz CT molecular complexity index is 1430. The number of nitrogens with two attached hydrogens (primary N) is 2. The van der Waals surface area contributed by atoms with Crippen molar-refractivity contribution in [2.45, 2.75) is 58.1 Å². The number of carbonyl (C=O) groups is 2. The van der Waals surface area contributed by atoms with Crippen LogP contribution in [0.5, 0.6) is 23.0 Å². The average molecular weight is 558 g/mol. The van der Waals surface area contributed by atoms with Crippen molar-refractivity contribution in [3.8, 4) is 29.1 Å². The summed E-state index contributed by atoms with van der Waals surface area (Å²) in [5.41, 5.74) is 13.0. The molecule has 3 aromatic rings. The quantitative estimate of drug-likeness (QED) is 0.245. The summed E-state index contributed by atoms with van der Waals surface area (Å²) in [6, 6.07) is 18.8. The van der Waals surface area contributed by atoms with Gasteiger partial charge in [-0.25, -0.2) is 4.79 Å². The predicted octanol–water partition coefficient (Wildman–Crippen LogP) is 6.33. The van der Waals surface area contributed by atoms with E-state index in [1.165, 1.54) is 0 Å². The third-order valence-corrected chi connectivity index (χ3v) is 6.48. The Morgan fingerprint density at radius 2 is 1.44 bits per heavy atom. The van der Waals surface area contributed by atoms with Gasteiger partial charge >= 0.3 is 6.09 Å². The number of anilines is 3. The van der Waals surface area contributed by atoms with Crippen LogP contribution in [0, 0.1) is 17.2 Å². The molecule has 3 aromatic carbocycles. The van der Waals surface area contributed by atoms with Crippen LogP contribution in [-0.4, -0.2) is 23.6 Å². The molecule has 1 aliphatic carbocycles. The van der Waals surface area contributed by atoms with Gasteiger partial charge in [0.15, 0.2) is 0 Å². The van der Waals surface area contributed by atoms with E-state index in [1.54, 1.807) is 60.7 Å². The van der Waals surface area contributed by atoms with Gasteiger partial charge in [-0.15, -0.1) is 0 Å². The highest BCUT2D eigenvalue weighted by Crippen LogP contribution is 2.34. The maximum Gasteiger partial charge on any atom is 0.407 e. The van der Waals surface area contributed by atoms with Crippen LogP contribution in [0.15, 0.2) is 60.7 Å². The van der Waals surface area contributed by atoms with Gasteiger partial charge in [-0.3, -0.25) is 4.79 Å². The summed E-state index contributed by atoms with van der Waals surface area (Å²) in [7, 11) is 0. The van der Waals surface area contributed by atoms with Gasteiger partial charge in [0.25, 0.3) is 0 Å². The molecule has 2 amide bonds. The van der Waals surface area contributed by atoms with Crippen molar-refractivity contribution in [3.63, 3.8) is 0 Å². The summed E-state index contributed by atoms with van der Waals surface area (Å²) < 4.78 is 17.4. The Morgan fingerprint density at radius 3 is 2.02 bits per heavy atom. The minimum atomic E-state index is -0.567. The van der Waals surface area contributed by atoms with Crippen molar-refractivity contribution in [1.29, 1.82) is 5.26 Å². The molecule has 1 saturated carbocycles. The van der Waals surface area contributed by atoms with Crippen molar-refractivity contribution >= 4 is 29.1 Å². The molecule has 6 N–H and O–H groups in total. The van der Waals surface area contributed by atoms with Gasteiger partial charge in [0.1, 0.15) is 28.6 Å². The summed E-state index contributed by atoms with van der Waals surface area (Å²) in [6.07, 6.45) is 2.15. The second kappa shape index (κ2) is 12.5. The molecule has 0 aliphatic heterocycles. The lowest BCUT2D eigenvalue weighted by Gasteiger charge is -2.29. The van der Waals surface area contributed by atoms with Gasteiger partial charge in [-0.2, -0.15) is 5.26 Å². The van der Waals surface area contributed by atoms with Crippen LogP contribution in [0.2, 0.25) is 0 Å². The molecule has 0 bridgehead atoms. The van der Waals surface area contributed by atoms with Crippen molar-refractivity contribution in [3.05, 3.63) is 66.2 Å². The number of nitrogen functional groups attached to an aromatic ring is 2. The van der Waals surface area contributed by atoms with E-state index in [0.717, 1.165) is 0 Å². The molecule has 0 heterocycles. The number of hydrogen-bond acceptors (Lipinski definition) is 8. The van der Waals surface area contributed by atoms with E-state index in [4.69, 9.17) is 30.9 Å². The molecule has 0 aromatic heterocycles. The summed E-state index contributed by atoms with van der Waals surface area (Å²) in [5, 5.41) is 15.0. The van der Waals surface area contributed by atoms with E-state index in [9.17, 15) is 9.59 Å². The van der Waals surface area contributed by atoms with Gasteiger partial charge in [0.05, 0.1) is 23.0 Å². The Hall–Kier alpha value is -4.91. The Labute approximate surface area is 239 Å². The fraction of sp³-hybridized carbons (Fsp3) is 0.323. The Kier molecular flexibility index (Phi) is 8.87. The van der Waals surface area contributed by atoms with Crippen molar-refractivity contribution in [1.82, 2.24) is 5.32 Å². The summed E-state index contributed by atoms with van der Waals surface area (Å²) >= 11 is 0. The second-order valence-corrected chi connectivity index (χ2v) is 11.0. The molecule has 0 atom stereocenters. The molecule has 41 heavy (non-hydrogen) atoms. The SMILES string of the molecule is CC(C)(C)OC(=O)NC1CCC(C(=O)Nc2cc(Oc3ccc(C#N)cc3)cc(Oc3ccc(N)c(N)c3)c2)CC1. The minimum Gasteiger partial charge on any atom is -0.457 e. The number of alkyl carbamates (subject to hydrolysis) is 1. The van der Waals surface area contributed by atoms with E-state index in [-0.39, 0.29) is 17.9 Å². The molecular formula is C31H35N5O5. The molecule has 0 radical (unpaired) electrons. The maximum atomic E-state index is 13.2. The first-order chi connectivity index (χ1) is 19.5. The van der Waals surface area contributed by atoms with Crippen LogP contribution >= 0.6 is 0 Å². The summed E-state index contributed by atoms with van der Waals surface area (Å²) in [6.45, 7) is 5.46. The number of amides is 2. The molecule has 10 nitrogen and oxygen atoms in total. The fourth-order valence-corrected chi connectivity index (χ4v) is 4.47. The maximum absolute atomic E-state index is 13.2. The molecule has 0 spiro atoms. The molecule has 0 saturated heterocycles. The number of nitrogens with one attached hydrogen (secondary N) is 2. The van der Waals surface area contributed by atoms with Gasteiger partial charge in [-0.05, 0) is 82.9 Å². The molecule has 0 unspecified atom stereocenters. The van der Waals surface area contributed by atoms with Gasteiger partial charge < -0.3 is 36.3 Å². The normalized spacial score (nSPS) is 16.6. The van der Waals surface area contributed by atoms with E-state index in [1.807, 2.05) is 20.8 Å². The monoisotopic (exact) mass is 557 g/mol. The van der Waals surface area contributed by atoms with Gasteiger partial charge in [-0.1, -0.05) is 0 Å². The molecule has 10 heteroatoms. The first-order valence-corrected chi connectivity index (χ1v) is 13.4. The van der Waals surface area contributed by atoms with E-state index in [2.05, 4.69) is 16.7 Å². The summed E-state index contributed by atoms with van der Waals surface area (Å²) in [4.78, 5) is 25.3. The van der Waals surface area contributed by atoms with Crippen molar-refractivity contribution < 1.29 is 23.8 Å². The van der Waals surface area contributed by atoms with Crippen LogP contribution in [0.4, 0.5) is 21.9 Å². The smallest absolute Gasteiger partial charge is 0.407 e. The lowest BCUT2D eigenvalue weighted by Crippen LogP contribution is -2.42. The number of nitriles is 1. The number of nitrogens with zero attached hydrogens (tertiary/aromatic N) is 1. The Morgan fingerprint density at radius 1 is 0.829 bits per heavy atom. The number of rotatable bonds is 7. The van der Waals surface area contributed by atoms with E-state index >= 15 is 0 Å². The number of carbonyl (C=O) groups excluding carboxylic acids is 2. The zero-order valence-corrected chi connectivity index (χ0v) is 23.4.